The molecule has 0 heterocycles. The molecule has 7 heteroatoms. The number of ether oxygens (including phenoxy) is 1. The number of nitrogens with one attached hydrogen (secondary N) is 1. The highest BCUT2D eigenvalue weighted by Crippen LogP contribution is 2.35. The van der Waals surface area contributed by atoms with Crippen molar-refractivity contribution in [3.63, 3.8) is 0 Å². The van der Waals surface area contributed by atoms with Gasteiger partial charge >= 0.3 is 6.18 Å². The predicted molar refractivity (Wildman–Crippen MR) is 150 cm³/mol. The average Bonchev–Trinajstić information content (AvgIpc) is 2.89. The quantitative estimate of drug-likeness (QED) is 0.187. The molecule has 2 aromatic rings. The van der Waals surface area contributed by atoms with Crippen LogP contribution in [0.1, 0.15) is 106 Å². The van der Waals surface area contributed by atoms with Crippen LogP contribution in [0.15, 0.2) is 48.5 Å². The SMILES string of the molecule is CCCCCCCCCC(CCCC(Cc1ccc(Cl)c(C(F)(F)F)c1)OCC)NC(=O)c1ccccc1. The second-order valence-electron chi connectivity index (χ2n) is 9.97. The molecule has 2 aromatic carbocycles. The first-order valence-corrected chi connectivity index (χ1v) is 14.5. The lowest BCUT2D eigenvalue weighted by molar-refractivity contribution is -0.137. The molecule has 1 N–H and O–H groups in total. The first-order chi connectivity index (χ1) is 18.2. The first-order valence-electron chi connectivity index (χ1n) is 14.1. The summed E-state index contributed by atoms with van der Waals surface area (Å²) < 4.78 is 45.7. The van der Waals surface area contributed by atoms with E-state index >= 15 is 0 Å². The lowest BCUT2D eigenvalue weighted by Crippen LogP contribution is -2.35. The van der Waals surface area contributed by atoms with Crippen LogP contribution in [-0.4, -0.2) is 24.7 Å². The zero-order valence-electron chi connectivity index (χ0n) is 22.8. The Kier molecular flexibility index (Phi) is 14.8. The number of amides is 1. The van der Waals surface area contributed by atoms with Crippen molar-refractivity contribution in [2.24, 2.45) is 0 Å². The Morgan fingerprint density at radius 1 is 0.895 bits per heavy atom. The maximum atomic E-state index is 13.3. The maximum Gasteiger partial charge on any atom is 0.417 e. The molecule has 212 valence electrons. The van der Waals surface area contributed by atoms with Crippen LogP contribution in [0.2, 0.25) is 5.02 Å². The van der Waals surface area contributed by atoms with E-state index in [0.29, 0.717) is 30.6 Å². The van der Waals surface area contributed by atoms with Crippen molar-refractivity contribution in [2.75, 3.05) is 6.61 Å². The molecule has 0 bridgehead atoms. The third-order valence-corrected chi connectivity index (χ3v) is 7.14. The van der Waals surface area contributed by atoms with Gasteiger partial charge in [0.2, 0.25) is 0 Å². The van der Waals surface area contributed by atoms with Gasteiger partial charge < -0.3 is 10.1 Å². The van der Waals surface area contributed by atoms with Gasteiger partial charge in [-0.3, -0.25) is 4.79 Å². The van der Waals surface area contributed by atoms with E-state index in [-0.39, 0.29) is 23.1 Å². The summed E-state index contributed by atoms with van der Waals surface area (Å²) in [6.45, 7) is 4.58. The predicted octanol–water partition coefficient (Wildman–Crippen LogP) is 9.42. The molecule has 2 atom stereocenters. The van der Waals surface area contributed by atoms with Crippen LogP contribution >= 0.6 is 11.6 Å². The molecule has 0 aliphatic heterocycles. The van der Waals surface area contributed by atoms with Crippen molar-refractivity contribution >= 4 is 17.5 Å². The lowest BCUT2D eigenvalue weighted by Gasteiger charge is -2.22. The summed E-state index contributed by atoms with van der Waals surface area (Å²) in [4.78, 5) is 12.8. The molecule has 0 saturated carbocycles. The number of carbonyl (C=O) groups excluding carboxylic acids is 1. The number of hydrogen-bond acceptors (Lipinski definition) is 2. The zero-order valence-corrected chi connectivity index (χ0v) is 23.6. The molecule has 0 fully saturated rings. The normalized spacial score (nSPS) is 13.3. The van der Waals surface area contributed by atoms with Crippen LogP contribution in [0.25, 0.3) is 0 Å². The number of halogens is 4. The minimum atomic E-state index is -4.49. The standard InChI is InChI=1S/C31H43ClF3NO2/c1-3-5-6-7-8-9-13-17-26(36-30(37)25-15-11-10-12-16-25)18-14-19-27(38-4-2)22-24-20-21-29(32)28(23-24)31(33,34)35/h10-12,15-16,20-21,23,26-27H,3-9,13-14,17-19,22H2,1-2H3,(H,36,37). The van der Waals surface area contributed by atoms with E-state index in [0.717, 1.165) is 38.2 Å². The smallest absolute Gasteiger partial charge is 0.378 e. The first kappa shape index (κ1) is 32.2. The molecule has 38 heavy (non-hydrogen) atoms. The van der Waals surface area contributed by atoms with E-state index in [1.807, 2.05) is 37.3 Å². The fourth-order valence-electron chi connectivity index (χ4n) is 4.75. The highest BCUT2D eigenvalue weighted by atomic mass is 35.5. The highest BCUT2D eigenvalue weighted by molar-refractivity contribution is 6.31. The van der Waals surface area contributed by atoms with Crippen molar-refractivity contribution in [1.82, 2.24) is 5.32 Å². The summed E-state index contributed by atoms with van der Waals surface area (Å²) in [5.74, 6) is -0.0688. The van der Waals surface area contributed by atoms with Gasteiger partial charge in [-0.05, 0) is 68.9 Å². The third kappa shape index (κ3) is 12.2. The summed E-state index contributed by atoms with van der Waals surface area (Å²) in [5, 5.41) is 2.92. The van der Waals surface area contributed by atoms with Gasteiger partial charge in [0, 0.05) is 18.2 Å². The molecule has 1 amide bonds. The van der Waals surface area contributed by atoms with Gasteiger partial charge in [-0.25, -0.2) is 0 Å². The van der Waals surface area contributed by atoms with E-state index in [2.05, 4.69) is 12.2 Å². The topological polar surface area (TPSA) is 38.3 Å². The Morgan fingerprint density at radius 3 is 2.21 bits per heavy atom. The molecular formula is C31H43ClF3NO2. The summed E-state index contributed by atoms with van der Waals surface area (Å²) in [6.07, 6.45) is 7.39. The fraction of sp³-hybridized carbons (Fsp3) is 0.581. The highest BCUT2D eigenvalue weighted by Gasteiger charge is 2.33. The van der Waals surface area contributed by atoms with Crippen LogP contribution in [-0.2, 0) is 17.3 Å². The van der Waals surface area contributed by atoms with E-state index < -0.39 is 11.7 Å². The molecule has 0 aromatic heterocycles. The van der Waals surface area contributed by atoms with Crippen molar-refractivity contribution in [2.45, 2.75) is 109 Å². The van der Waals surface area contributed by atoms with Crippen LogP contribution in [0.3, 0.4) is 0 Å². The number of hydrogen-bond donors (Lipinski definition) is 1. The van der Waals surface area contributed by atoms with Gasteiger partial charge in [0.25, 0.3) is 5.91 Å². The Morgan fingerprint density at radius 2 is 1.55 bits per heavy atom. The molecule has 0 spiro atoms. The largest absolute Gasteiger partial charge is 0.417 e. The van der Waals surface area contributed by atoms with Crippen molar-refractivity contribution in [3.05, 3.63) is 70.2 Å². The second kappa shape index (κ2) is 17.5. The summed E-state index contributed by atoms with van der Waals surface area (Å²) in [7, 11) is 0. The molecule has 0 saturated heterocycles. The van der Waals surface area contributed by atoms with Crippen LogP contribution in [0.4, 0.5) is 13.2 Å². The lowest BCUT2D eigenvalue weighted by atomic mass is 9.97. The molecule has 2 rings (SSSR count). The fourth-order valence-corrected chi connectivity index (χ4v) is 4.97. The molecular weight excluding hydrogens is 511 g/mol. The van der Waals surface area contributed by atoms with E-state index in [1.165, 1.54) is 38.2 Å². The minimum Gasteiger partial charge on any atom is -0.378 e. The summed E-state index contributed by atoms with van der Waals surface area (Å²) >= 11 is 5.78. The number of alkyl halides is 3. The summed E-state index contributed by atoms with van der Waals surface area (Å²) in [6, 6.07) is 13.3. The van der Waals surface area contributed by atoms with E-state index in [1.54, 1.807) is 6.07 Å². The van der Waals surface area contributed by atoms with Crippen molar-refractivity contribution in [1.29, 1.82) is 0 Å². The van der Waals surface area contributed by atoms with E-state index in [9.17, 15) is 18.0 Å². The Hall–Kier alpha value is -2.05. The van der Waals surface area contributed by atoms with Gasteiger partial charge in [-0.1, -0.05) is 87.7 Å². The molecule has 2 unspecified atom stereocenters. The summed E-state index contributed by atoms with van der Waals surface area (Å²) in [5.41, 5.74) is 0.384. The molecule has 0 radical (unpaired) electrons. The van der Waals surface area contributed by atoms with Crippen LogP contribution in [0.5, 0.6) is 0 Å². The van der Waals surface area contributed by atoms with Crippen molar-refractivity contribution < 1.29 is 22.7 Å². The molecule has 0 aliphatic carbocycles. The number of unbranched alkanes of at least 4 members (excludes halogenated alkanes) is 6. The van der Waals surface area contributed by atoms with Crippen LogP contribution < -0.4 is 5.32 Å². The zero-order chi connectivity index (χ0) is 27.8. The van der Waals surface area contributed by atoms with Gasteiger partial charge in [-0.15, -0.1) is 0 Å². The molecule has 3 nitrogen and oxygen atoms in total. The number of carbonyl (C=O) groups is 1. The Balaban J connectivity index is 1.94. The Labute approximate surface area is 231 Å². The second-order valence-corrected chi connectivity index (χ2v) is 10.4. The van der Waals surface area contributed by atoms with Gasteiger partial charge in [0.05, 0.1) is 16.7 Å². The maximum absolute atomic E-state index is 13.3. The number of benzene rings is 2. The Bertz CT molecular complexity index is 936. The average molecular weight is 554 g/mol. The van der Waals surface area contributed by atoms with Gasteiger partial charge in [-0.2, -0.15) is 13.2 Å². The third-order valence-electron chi connectivity index (χ3n) is 6.81. The van der Waals surface area contributed by atoms with Crippen LogP contribution in [0, 0.1) is 0 Å². The number of rotatable bonds is 18. The monoisotopic (exact) mass is 553 g/mol. The van der Waals surface area contributed by atoms with E-state index in [4.69, 9.17) is 16.3 Å². The minimum absolute atomic E-state index is 0.0491. The molecule has 0 aliphatic rings. The van der Waals surface area contributed by atoms with Gasteiger partial charge in [0.1, 0.15) is 0 Å². The van der Waals surface area contributed by atoms with Crippen molar-refractivity contribution in [3.8, 4) is 0 Å². The van der Waals surface area contributed by atoms with Gasteiger partial charge in [0.15, 0.2) is 0 Å².